The Morgan fingerprint density at radius 1 is 1.24 bits per heavy atom. The van der Waals surface area contributed by atoms with Crippen LogP contribution in [-0.4, -0.2) is 36.2 Å². The van der Waals surface area contributed by atoms with Gasteiger partial charge in [-0.15, -0.1) is 0 Å². The van der Waals surface area contributed by atoms with E-state index in [1.165, 1.54) is 0 Å². The second kappa shape index (κ2) is 7.59. The van der Waals surface area contributed by atoms with Gasteiger partial charge in [0.2, 0.25) is 5.91 Å². The summed E-state index contributed by atoms with van der Waals surface area (Å²) in [6.45, 7) is 1.62. The highest BCUT2D eigenvalue weighted by molar-refractivity contribution is 5.91. The lowest BCUT2D eigenvalue weighted by atomic mass is 9.94. The number of hydrogen-bond acceptors (Lipinski definition) is 4. The first-order chi connectivity index (χ1) is 12.2. The second-order valence-corrected chi connectivity index (χ2v) is 6.42. The Morgan fingerprint density at radius 2 is 2.04 bits per heavy atom. The van der Waals surface area contributed by atoms with Crippen LogP contribution in [0.25, 0.3) is 0 Å². The predicted octanol–water partition coefficient (Wildman–Crippen LogP) is 2.53. The molecule has 0 atom stereocenters. The molecule has 25 heavy (non-hydrogen) atoms. The number of nitrogens with zero attached hydrogens (tertiary/aromatic N) is 2. The Morgan fingerprint density at radius 3 is 2.68 bits per heavy atom. The molecule has 2 aromatic rings. The maximum atomic E-state index is 12.7. The minimum Gasteiger partial charge on any atom is -0.493 e. The third-order valence-corrected chi connectivity index (χ3v) is 4.81. The van der Waals surface area contributed by atoms with E-state index in [4.69, 9.17) is 9.47 Å². The SMILES string of the molecule is COc1ccc(C2(C(=O)NCCCCn3ccnc3)CC2)cc1OC. The number of rotatable bonds is 9. The number of aryl methyl sites for hydroxylation is 1. The fraction of sp³-hybridized carbons (Fsp3) is 0.474. The van der Waals surface area contributed by atoms with Gasteiger partial charge in [0.25, 0.3) is 0 Å². The van der Waals surface area contributed by atoms with Crippen LogP contribution in [0.3, 0.4) is 0 Å². The third kappa shape index (κ3) is 3.78. The Balaban J connectivity index is 1.52. The molecule has 0 saturated heterocycles. The van der Waals surface area contributed by atoms with Crippen LogP contribution in [-0.2, 0) is 16.8 Å². The number of unbranched alkanes of at least 4 members (excludes halogenated alkanes) is 1. The first kappa shape index (κ1) is 17.3. The van der Waals surface area contributed by atoms with Crippen molar-refractivity contribution in [2.24, 2.45) is 0 Å². The van der Waals surface area contributed by atoms with Crippen molar-refractivity contribution in [3.63, 3.8) is 0 Å². The summed E-state index contributed by atoms with van der Waals surface area (Å²) in [6, 6.07) is 5.75. The van der Waals surface area contributed by atoms with Crippen LogP contribution in [0, 0.1) is 0 Å². The zero-order valence-corrected chi connectivity index (χ0v) is 14.8. The Hall–Kier alpha value is -2.50. The van der Waals surface area contributed by atoms with E-state index in [9.17, 15) is 4.79 Å². The molecule has 0 radical (unpaired) electrons. The van der Waals surface area contributed by atoms with Crippen LogP contribution in [0.15, 0.2) is 36.9 Å². The molecule has 0 bridgehead atoms. The van der Waals surface area contributed by atoms with Gasteiger partial charge in [0.15, 0.2) is 11.5 Å². The maximum Gasteiger partial charge on any atom is 0.230 e. The van der Waals surface area contributed by atoms with E-state index in [2.05, 4.69) is 10.3 Å². The van der Waals surface area contributed by atoms with Gasteiger partial charge in [0.1, 0.15) is 0 Å². The van der Waals surface area contributed by atoms with Crippen LogP contribution in [0.5, 0.6) is 11.5 Å². The van der Waals surface area contributed by atoms with Gasteiger partial charge in [0.05, 0.1) is 26.0 Å². The van der Waals surface area contributed by atoms with Crippen molar-refractivity contribution in [3.05, 3.63) is 42.5 Å². The number of imidazole rings is 1. The molecule has 0 spiro atoms. The zero-order valence-electron chi connectivity index (χ0n) is 14.8. The maximum absolute atomic E-state index is 12.7. The molecule has 0 unspecified atom stereocenters. The highest BCUT2D eigenvalue weighted by Gasteiger charge is 2.51. The van der Waals surface area contributed by atoms with Crippen LogP contribution in [0.2, 0.25) is 0 Å². The number of aromatic nitrogens is 2. The van der Waals surface area contributed by atoms with E-state index < -0.39 is 5.41 Å². The number of hydrogen-bond donors (Lipinski definition) is 1. The van der Waals surface area contributed by atoms with Gasteiger partial charge in [-0.05, 0) is 43.4 Å². The van der Waals surface area contributed by atoms with Gasteiger partial charge >= 0.3 is 0 Å². The Bertz CT molecular complexity index is 709. The first-order valence-electron chi connectivity index (χ1n) is 8.66. The van der Waals surface area contributed by atoms with E-state index >= 15 is 0 Å². The fourth-order valence-electron chi connectivity index (χ4n) is 3.12. The highest BCUT2D eigenvalue weighted by Crippen LogP contribution is 2.50. The standard InChI is InChI=1S/C19H25N3O3/c1-24-16-6-5-15(13-17(16)25-2)19(7-8-19)18(23)21-9-3-4-11-22-12-10-20-14-22/h5-6,10,12-14H,3-4,7-9,11H2,1-2H3,(H,21,23). The lowest BCUT2D eigenvalue weighted by Gasteiger charge is -2.18. The Labute approximate surface area is 148 Å². The molecule has 6 heteroatoms. The summed E-state index contributed by atoms with van der Waals surface area (Å²) in [7, 11) is 3.22. The van der Waals surface area contributed by atoms with Crippen LogP contribution in [0.4, 0.5) is 0 Å². The monoisotopic (exact) mass is 343 g/mol. The summed E-state index contributed by atoms with van der Waals surface area (Å²) in [5.74, 6) is 1.46. The van der Waals surface area contributed by atoms with Gasteiger partial charge in [-0.25, -0.2) is 4.98 Å². The lowest BCUT2D eigenvalue weighted by Crippen LogP contribution is -2.35. The summed E-state index contributed by atoms with van der Waals surface area (Å²) in [5, 5.41) is 3.09. The molecule has 1 aliphatic rings. The van der Waals surface area contributed by atoms with Crippen molar-refractivity contribution >= 4 is 5.91 Å². The van der Waals surface area contributed by atoms with E-state index in [1.807, 2.05) is 35.3 Å². The van der Waals surface area contributed by atoms with Gasteiger partial charge in [-0.1, -0.05) is 6.07 Å². The molecule has 134 valence electrons. The topological polar surface area (TPSA) is 65.4 Å². The minimum absolute atomic E-state index is 0.113. The summed E-state index contributed by atoms with van der Waals surface area (Å²) in [5.41, 5.74) is 0.602. The number of benzene rings is 1. The molecule has 1 aromatic heterocycles. The molecule has 1 saturated carbocycles. The normalized spacial score (nSPS) is 14.8. The molecule has 1 heterocycles. The average Bonchev–Trinajstić information content (AvgIpc) is 3.30. The largest absolute Gasteiger partial charge is 0.493 e. The summed E-state index contributed by atoms with van der Waals surface area (Å²) < 4.78 is 12.7. The molecule has 1 aromatic carbocycles. The highest BCUT2D eigenvalue weighted by atomic mass is 16.5. The predicted molar refractivity (Wildman–Crippen MR) is 94.9 cm³/mol. The van der Waals surface area contributed by atoms with Crippen molar-refractivity contribution in [1.29, 1.82) is 0 Å². The minimum atomic E-state index is -0.399. The Kier molecular flexibility index (Phi) is 5.26. The van der Waals surface area contributed by atoms with Crippen LogP contribution in [0.1, 0.15) is 31.2 Å². The molecule has 3 rings (SSSR count). The van der Waals surface area contributed by atoms with E-state index in [0.29, 0.717) is 18.0 Å². The van der Waals surface area contributed by atoms with Crippen molar-refractivity contribution in [3.8, 4) is 11.5 Å². The molecule has 1 aliphatic carbocycles. The number of carbonyl (C=O) groups excluding carboxylic acids is 1. The van der Waals surface area contributed by atoms with Crippen molar-refractivity contribution in [2.45, 2.75) is 37.6 Å². The second-order valence-electron chi connectivity index (χ2n) is 6.42. The number of nitrogens with one attached hydrogen (secondary N) is 1. The smallest absolute Gasteiger partial charge is 0.230 e. The first-order valence-corrected chi connectivity index (χ1v) is 8.66. The third-order valence-electron chi connectivity index (χ3n) is 4.81. The van der Waals surface area contributed by atoms with Gasteiger partial charge in [0, 0.05) is 25.5 Å². The number of amides is 1. The number of methoxy groups -OCH3 is 2. The summed E-state index contributed by atoms with van der Waals surface area (Å²) in [6.07, 6.45) is 9.27. The van der Waals surface area contributed by atoms with E-state index in [1.54, 1.807) is 20.4 Å². The van der Waals surface area contributed by atoms with Gasteiger partial charge in [-0.3, -0.25) is 4.79 Å². The molecule has 1 amide bonds. The van der Waals surface area contributed by atoms with Crippen molar-refractivity contribution < 1.29 is 14.3 Å². The van der Waals surface area contributed by atoms with Gasteiger partial charge < -0.3 is 19.4 Å². The summed E-state index contributed by atoms with van der Waals surface area (Å²) >= 11 is 0. The van der Waals surface area contributed by atoms with Gasteiger partial charge in [-0.2, -0.15) is 0 Å². The molecule has 0 aliphatic heterocycles. The molecular weight excluding hydrogens is 318 g/mol. The van der Waals surface area contributed by atoms with Crippen LogP contribution >= 0.6 is 0 Å². The lowest BCUT2D eigenvalue weighted by molar-refractivity contribution is -0.123. The fourth-order valence-corrected chi connectivity index (χ4v) is 3.12. The number of ether oxygens (including phenoxy) is 2. The molecular formula is C19H25N3O3. The molecule has 1 fully saturated rings. The summed E-state index contributed by atoms with van der Waals surface area (Å²) in [4.78, 5) is 16.7. The zero-order chi connectivity index (χ0) is 17.7. The van der Waals surface area contributed by atoms with E-state index in [0.717, 1.165) is 37.8 Å². The quantitative estimate of drug-likeness (QED) is 0.711. The number of carbonyl (C=O) groups is 1. The van der Waals surface area contributed by atoms with Crippen molar-refractivity contribution in [1.82, 2.24) is 14.9 Å². The van der Waals surface area contributed by atoms with Crippen LogP contribution < -0.4 is 14.8 Å². The molecule has 6 nitrogen and oxygen atoms in total. The van der Waals surface area contributed by atoms with Crippen molar-refractivity contribution in [2.75, 3.05) is 20.8 Å². The van der Waals surface area contributed by atoms with E-state index in [-0.39, 0.29) is 5.91 Å². The average molecular weight is 343 g/mol. The molecule has 1 N–H and O–H groups in total.